The minimum Gasteiger partial charge on any atom is -0.454 e. The summed E-state index contributed by atoms with van der Waals surface area (Å²) in [6, 6.07) is 14.6. The normalized spacial score (nSPS) is 11.0. The molecular weight excluding hydrogens is 453 g/mol. The van der Waals surface area contributed by atoms with Gasteiger partial charge in [-0.3, -0.25) is 0 Å². The minimum absolute atomic E-state index is 0.175. The van der Waals surface area contributed by atoms with Crippen molar-refractivity contribution in [1.29, 1.82) is 0 Å². The predicted octanol–water partition coefficient (Wildman–Crippen LogP) is 7.31. The average molecular weight is 472 g/mol. The van der Waals surface area contributed by atoms with Gasteiger partial charge in [0, 0.05) is 38.8 Å². The highest BCUT2D eigenvalue weighted by molar-refractivity contribution is 9.10. The molecule has 0 amide bonds. The van der Waals surface area contributed by atoms with Crippen molar-refractivity contribution in [2.75, 3.05) is 10.5 Å². The number of hydrogen-bond donors (Lipinski definition) is 2. The molecule has 0 saturated carbocycles. The number of anilines is 1. The number of pyridine rings is 1. The van der Waals surface area contributed by atoms with Crippen molar-refractivity contribution < 1.29 is 9.13 Å². The highest BCUT2D eigenvalue weighted by atomic mass is 79.9. The zero-order valence-electron chi connectivity index (χ0n) is 15.9. The van der Waals surface area contributed by atoms with Crippen LogP contribution in [-0.2, 0) is 0 Å². The van der Waals surface area contributed by atoms with E-state index in [4.69, 9.17) is 4.74 Å². The van der Waals surface area contributed by atoms with Gasteiger partial charge in [0.1, 0.15) is 11.4 Å². The number of benzene rings is 2. The van der Waals surface area contributed by atoms with Gasteiger partial charge in [-0.1, -0.05) is 34.8 Å². The molecule has 2 aromatic carbocycles. The van der Waals surface area contributed by atoms with E-state index in [9.17, 15) is 4.39 Å². The first-order valence-electron chi connectivity index (χ1n) is 9.15. The molecule has 0 spiro atoms. The lowest BCUT2D eigenvalue weighted by atomic mass is 10.0. The lowest BCUT2D eigenvalue weighted by Crippen LogP contribution is -1.95. The van der Waals surface area contributed by atoms with Crippen LogP contribution in [-0.4, -0.2) is 15.7 Å². The first-order valence-corrected chi connectivity index (χ1v) is 10.9. The second-order valence-corrected chi connectivity index (χ2v) is 8.46. The Morgan fingerprint density at radius 2 is 1.93 bits per heavy atom. The van der Waals surface area contributed by atoms with Crippen LogP contribution in [0.5, 0.6) is 11.5 Å². The summed E-state index contributed by atoms with van der Waals surface area (Å²) in [5.41, 5.74) is 4.49. The SMILES string of the molecule is CCSNc1ccc(Oc2ccc(Br)cc2F)c(-c2cc(C)nc3[nH]ccc23)c1. The number of nitrogens with zero attached hydrogens (tertiary/aromatic N) is 1. The van der Waals surface area contributed by atoms with Crippen LogP contribution in [0.25, 0.3) is 22.2 Å². The summed E-state index contributed by atoms with van der Waals surface area (Å²) in [5, 5.41) is 0.983. The van der Waals surface area contributed by atoms with Crippen LogP contribution in [0.3, 0.4) is 0 Å². The highest BCUT2D eigenvalue weighted by Gasteiger charge is 2.15. The number of hydrogen-bond acceptors (Lipinski definition) is 4. The number of ether oxygens (including phenoxy) is 1. The Bertz CT molecular complexity index is 1180. The van der Waals surface area contributed by atoms with Gasteiger partial charge >= 0.3 is 0 Å². The molecule has 4 rings (SSSR count). The summed E-state index contributed by atoms with van der Waals surface area (Å²) in [5.74, 6) is 1.26. The van der Waals surface area contributed by atoms with Crippen molar-refractivity contribution in [1.82, 2.24) is 9.97 Å². The van der Waals surface area contributed by atoms with Crippen LogP contribution >= 0.6 is 27.9 Å². The van der Waals surface area contributed by atoms with E-state index in [1.807, 2.05) is 43.5 Å². The van der Waals surface area contributed by atoms with Gasteiger partial charge in [0.2, 0.25) is 0 Å². The molecule has 7 heteroatoms. The molecule has 148 valence electrons. The summed E-state index contributed by atoms with van der Waals surface area (Å²) < 4.78 is 24.4. The van der Waals surface area contributed by atoms with Crippen molar-refractivity contribution >= 4 is 44.6 Å². The van der Waals surface area contributed by atoms with Crippen LogP contribution < -0.4 is 9.46 Å². The van der Waals surface area contributed by atoms with Crippen LogP contribution in [0.15, 0.2) is 59.2 Å². The summed E-state index contributed by atoms with van der Waals surface area (Å²) in [6.07, 6.45) is 1.87. The summed E-state index contributed by atoms with van der Waals surface area (Å²) >= 11 is 4.89. The van der Waals surface area contributed by atoms with Crippen molar-refractivity contribution in [2.45, 2.75) is 13.8 Å². The molecule has 2 aromatic heterocycles. The van der Waals surface area contributed by atoms with E-state index in [0.29, 0.717) is 10.2 Å². The van der Waals surface area contributed by atoms with Gasteiger partial charge in [0.05, 0.1) is 0 Å². The molecule has 0 atom stereocenters. The lowest BCUT2D eigenvalue weighted by Gasteiger charge is -2.15. The molecule has 4 nitrogen and oxygen atoms in total. The van der Waals surface area contributed by atoms with E-state index < -0.39 is 5.82 Å². The van der Waals surface area contributed by atoms with E-state index in [1.54, 1.807) is 24.1 Å². The second kappa shape index (κ2) is 8.47. The number of rotatable bonds is 6. The largest absolute Gasteiger partial charge is 0.454 e. The van der Waals surface area contributed by atoms with E-state index in [-0.39, 0.29) is 5.75 Å². The van der Waals surface area contributed by atoms with Crippen LogP contribution in [0, 0.1) is 12.7 Å². The van der Waals surface area contributed by atoms with Crippen LogP contribution in [0.2, 0.25) is 0 Å². The van der Waals surface area contributed by atoms with Crippen molar-refractivity contribution in [3.63, 3.8) is 0 Å². The van der Waals surface area contributed by atoms with E-state index in [2.05, 4.69) is 37.5 Å². The molecule has 2 heterocycles. The van der Waals surface area contributed by atoms with Crippen molar-refractivity contribution in [2.24, 2.45) is 0 Å². The Hall–Kier alpha value is -2.51. The third-order valence-electron chi connectivity index (χ3n) is 4.37. The fourth-order valence-corrected chi connectivity index (χ4v) is 3.88. The summed E-state index contributed by atoms with van der Waals surface area (Å²) in [4.78, 5) is 7.72. The molecule has 0 aliphatic rings. The van der Waals surface area contributed by atoms with Gasteiger partial charge in [-0.15, -0.1) is 0 Å². The molecule has 0 aliphatic carbocycles. The average Bonchev–Trinajstić information content (AvgIpc) is 3.17. The number of aromatic nitrogens is 2. The number of aromatic amines is 1. The van der Waals surface area contributed by atoms with Gasteiger partial charge < -0.3 is 14.4 Å². The summed E-state index contributed by atoms with van der Waals surface area (Å²) in [7, 11) is 0. The maximum Gasteiger partial charge on any atom is 0.166 e. The van der Waals surface area contributed by atoms with Gasteiger partial charge in [0.15, 0.2) is 11.6 Å². The maximum absolute atomic E-state index is 14.4. The molecular formula is C22H19BrFN3OS. The number of nitrogens with one attached hydrogen (secondary N) is 2. The monoisotopic (exact) mass is 471 g/mol. The fraction of sp³-hybridized carbons (Fsp3) is 0.136. The topological polar surface area (TPSA) is 49.9 Å². The van der Waals surface area contributed by atoms with E-state index in [0.717, 1.165) is 39.3 Å². The van der Waals surface area contributed by atoms with E-state index in [1.165, 1.54) is 6.07 Å². The standard InChI is InChI=1S/C22H19BrFN3OS/c1-3-29-27-15-5-7-20(28-21-6-4-14(23)11-19(21)24)18(12-15)17-10-13(2)26-22-16(17)8-9-25-22/h4-12,27H,3H2,1-2H3,(H,25,26). The molecule has 0 unspecified atom stereocenters. The van der Waals surface area contributed by atoms with Crippen molar-refractivity contribution in [3.05, 3.63) is 70.7 Å². The molecule has 0 bridgehead atoms. The first kappa shape index (κ1) is 19.8. The summed E-state index contributed by atoms with van der Waals surface area (Å²) in [6.45, 7) is 4.04. The molecule has 0 fully saturated rings. The van der Waals surface area contributed by atoms with Gasteiger partial charge in [-0.25, -0.2) is 9.37 Å². The number of aryl methyl sites for hydroxylation is 1. The van der Waals surface area contributed by atoms with Crippen LogP contribution in [0.4, 0.5) is 10.1 Å². The zero-order valence-corrected chi connectivity index (χ0v) is 18.3. The van der Waals surface area contributed by atoms with Gasteiger partial charge in [-0.05, 0) is 61.0 Å². The third kappa shape index (κ3) is 4.26. The van der Waals surface area contributed by atoms with Crippen LogP contribution in [0.1, 0.15) is 12.6 Å². The Labute approximate surface area is 181 Å². The molecule has 4 aromatic rings. The maximum atomic E-state index is 14.4. The fourth-order valence-electron chi connectivity index (χ4n) is 3.11. The Kier molecular flexibility index (Phi) is 5.78. The van der Waals surface area contributed by atoms with Gasteiger partial charge in [-0.2, -0.15) is 0 Å². The Morgan fingerprint density at radius 3 is 2.72 bits per heavy atom. The second-order valence-electron chi connectivity index (χ2n) is 6.47. The number of halogens is 2. The third-order valence-corrected chi connectivity index (χ3v) is 5.54. The first-order chi connectivity index (χ1) is 14.0. The van der Waals surface area contributed by atoms with Gasteiger partial charge in [0.25, 0.3) is 0 Å². The predicted molar refractivity (Wildman–Crippen MR) is 122 cm³/mol. The minimum atomic E-state index is -0.424. The smallest absolute Gasteiger partial charge is 0.166 e. The molecule has 0 aliphatic heterocycles. The Morgan fingerprint density at radius 1 is 1.10 bits per heavy atom. The quantitative estimate of drug-likeness (QED) is 0.289. The molecule has 2 N–H and O–H groups in total. The molecule has 0 saturated heterocycles. The molecule has 29 heavy (non-hydrogen) atoms. The zero-order chi connectivity index (χ0) is 20.4. The number of H-pyrrole nitrogens is 1. The number of fused-ring (bicyclic) bond motifs is 1. The van der Waals surface area contributed by atoms with Crippen molar-refractivity contribution in [3.8, 4) is 22.6 Å². The Balaban J connectivity index is 1.86. The molecule has 0 radical (unpaired) electrons. The van der Waals surface area contributed by atoms with E-state index >= 15 is 0 Å². The highest BCUT2D eigenvalue weighted by Crippen LogP contribution is 2.40. The lowest BCUT2D eigenvalue weighted by molar-refractivity contribution is 0.443.